The van der Waals surface area contributed by atoms with E-state index in [1.165, 1.54) is 28.7 Å². The molecule has 220 valence electrons. The molecule has 3 heterocycles. The van der Waals surface area contributed by atoms with Gasteiger partial charge in [0.05, 0.1) is 29.2 Å². The van der Waals surface area contributed by atoms with Crippen LogP contribution in [0.2, 0.25) is 0 Å². The number of carbonyl (C=O) groups excluding carboxylic acids is 2. The number of aromatic nitrogens is 4. The molecule has 0 aliphatic carbocycles. The van der Waals surface area contributed by atoms with E-state index in [4.69, 9.17) is 0 Å². The van der Waals surface area contributed by atoms with Crippen LogP contribution in [0.25, 0.3) is 11.0 Å². The van der Waals surface area contributed by atoms with E-state index in [-0.39, 0.29) is 31.1 Å². The van der Waals surface area contributed by atoms with Gasteiger partial charge in [-0.3, -0.25) is 14.4 Å². The lowest BCUT2D eigenvalue weighted by Gasteiger charge is -2.21. The predicted molar refractivity (Wildman–Crippen MR) is 157 cm³/mol. The first-order valence-electron chi connectivity index (χ1n) is 13.5. The second-order valence-electron chi connectivity index (χ2n) is 10.8. The van der Waals surface area contributed by atoms with Gasteiger partial charge in [0.1, 0.15) is 11.5 Å². The molecule has 0 aromatic carbocycles. The molecular formula is C29H39N7O5. The molecule has 0 saturated heterocycles. The summed E-state index contributed by atoms with van der Waals surface area (Å²) in [5.74, 6) is -0.304. The van der Waals surface area contributed by atoms with Gasteiger partial charge in [-0.1, -0.05) is 19.9 Å². The molecule has 1 atom stereocenters. The Bertz CT molecular complexity index is 1490. The number of nitrogens with zero attached hydrogens (tertiary/aromatic N) is 5. The molecule has 3 aromatic heterocycles. The van der Waals surface area contributed by atoms with Gasteiger partial charge in [0, 0.05) is 39.6 Å². The number of carboxylic acid groups (broad SMARTS) is 1. The van der Waals surface area contributed by atoms with Crippen LogP contribution in [0, 0.1) is 18.8 Å². The van der Waals surface area contributed by atoms with Gasteiger partial charge in [0.2, 0.25) is 11.8 Å². The number of allylic oxidation sites excluding steroid dienone is 1. The number of hydrogen-bond acceptors (Lipinski definition) is 6. The molecule has 41 heavy (non-hydrogen) atoms. The van der Waals surface area contributed by atoms with Gasteiger partial charge in [0.15, 0.2) is 0 Å². The molecule has 12 heteroatoms. The van der Waals surface area contributed by atoms with Crippen LogP contribution in [0.5, 0.6) is 0 Å². The first kappa shape index (κ1) is 31.1. The SMILES string of the molecule is Cc1nc(CC(C)C)c2[nH]c(Cn3cccc(NC(=O)[C@@H](CC/C=C/C(=O)N(C)C)CN(C)C(=O)O)c3=O)cc2n1. The minimum Gasteiger partial charge on any atom is -0.465 e. The van der Waals surface area contributed by atoms with E-state index in [9.17, 15) is 24.3 Å². The minimum absolute atomic E-state index is 0.0636. The molecular weight excluding hydrogens is 526 g/mol. The first-order chi connectivity index (χ1) is 19.3. The van der Waals surface area contributed by atoms with Crippen LogP contribution in [0.1, 0.15) is 43.9 Å². The standard InChI is InChI=1S/C29H39N7O5/c1-18(2)14-23-26-24(31-19(3)30-23)15-21(32-26)17-36-13-9-11-22(28(36)39)33-27(38)20(16-35(6)29(40)41)10-7-8-12-25(37)34(4)5/h8-9,11-13,15,18,20,32H,7,10,14,16-17H2,1-6H3,(H,33,38)(H,40,41)/b12-8+/t20-/m0/s1. The van der Waals surface area contributed by atoms with E-state index in [0.29, 0.717) is 18.2 Å². The molecule has 0 unspecified atom stereocenters. The van der Waals surface area contributed by atoms with Gasteiger partial charge < -0.3 is 29.8 Å². The highest BCUT2D eigenvalue weighted by Gasteiger charge is 2.23. The summed E-state index contributed by atoms with van der Waals surface area (Å²) in [7, 11) is 4.64. The van der Waals surface area contributed by atoms with E-state index >= 15 is 0 Å². The van der Waals surface area contributed by atoms with E-state index in [1.807, 2.05) is 13.0 Å². The lowest BCUT2D eigenvalue weighted by atomic mass is 10.0. The Labute approximate surface area is 239 Å². The van der Waals surface area contributed by atoms with E-state index in [0.717, 1.165) is 33.7 Å². The van der Waals surface area contributed by atoms with Crippen LogP contribution >= 0.6 is 0 Å². The Hall–Kier alpha value is -4.48. The van der Waals surface area contributed by atoms with Crippen molar-refractivity contribution in [2.24, 2.45) is 11.8 Å². The maximum absolute atomic E-state index is 13.3. The van der Waals surface area contributed by atoms with Crippen LogP contribution in [0.4, 0.5) is 10.5 Å². The smallest absolute Gasteiger partial charge is 0.407 e. The number of fused-ring (bicyclic) bond motifs is 1. The van der Waals surface area contributed by atoms with E-state index < -0.39 is 23.5 Å². The lowest BCUT2D eigenvalue weighted by Crippen LogP contribution is -2.37. The predicted octanol–water partition coefficient (Wildman–Crippen LogP) is 3.26. The lowest BCUT2D eigenvalue weighted by molar-refractivity contribution is -0.123. The molecule has 3 aromatic rings. The number of H-pyrrole nitrogens is 1. The zero-order valence-electron chi connectivity index (χ0n) is 24.5. The van der Waals surface area contributed by atoms with Crippen molar-refractivity contribution in [3.05, 3.63) is 64.1 Å². The quantitative estimate of drug-likeness (QED) is 0.285. The van der Waals surface area contributed by atoms with Gasteiger partial charge in [-0.2, -0.15) is 0 Å². The maximum atomic E-state index is 13.3. The molecule has 0 aliphatic rings. The number of nitrogens with one attached hydrogen (secondary N) is 2. The zero-order valence-corrected chi connectivity index (χ0v) is 24.5. The highest BCUT2D eigenvalue weighted by atomic mass is 16.4. The number of aryl methyl sites for hydroxylation is 1. The second kappa shape index (κ2) is 13.7. The van der Waals surface area contributed by atoms with Crippen molar-refractivity contribution in [3.8, 4) is 0 Å². The number of rotatable bonds is 12. The molecule has 3 amide bonds. The Morgan fingerprint density at radius 3 is 2.59 bits per heavy atom. The summed E-state index contributed by atoms with van der Waals surface area (Å²) < 4.78 is 1.48. The zero-order chi connectivity index (χ0) is 30.3. The Kier molecular flexibility index (Phi) is 10.4. The van der Waals surface area contributed by atoms with Crippen LogP contribution < -0.4 is 10.9 Å². The largest absolute Gasteiger partial charge is 0.465 e. The number of hydrogen-bond donors (Lipinski definition) is 3. The summed E-state index contributed by atoms with van der Waals surface area (Å²) in [6.45, 7) is 6.27. The highest BCUT2D eigenvalue weighted by molar-refractivity contribution is 5.92. The van der Waals surface area contributed by atoms with E-state index in [2.05, 4.69) is 34.1 Å². The van der Waals surface area contributed by atoms with Gasteiger partial charge in [-0.15, -0.1) is 0 Å². The van der Waals surface area contributed by atoms with Gasteiger partial charge >= 0.3 is 6.09 Å². The topological polar surface area (TPSA) is 154 Å². The molecule has 0 aliphatic heterocycles. The van der Waals surface area contributed by atoms with Crippen molar-refractivity contribution >= 4 is 34.6 Å². The summed E-state index contributed by atoms with van der Waals surface area (Å²) in [4.78, 5) is 64.6. The van der Waals surface area contributed by atoms with E-state index in [1.54, 1.807) is 32.4 Å². The summed E-state index contributed by atoms with van der Waals surface area (Å²) in [6.07, 6.45) is 4.99. The summed E-state index contributed by atoms with van der Waals surface area (Å²) in [5, 5.41) is 12.0. The number of anilines is 1. The summed E-state index contributed by atoms with van der Waals surface area (Å²) in [6, 6.07) is 5.09. The van der Waals surface area contributed by atoms with Crippen molar-refractivity contribution in [2.75, 3.05) is 33.0 Å². The first-order valence-corrected chi connectivity index (χ1v) is 13.5. The fourth-order valence-corrected chi connectivity index (χ4v) is 4.40. The van der Waals surface area contributed by atoms with Crippen LogP contribution in [-0.2, 0) is 22.6 Å². The third-order valence-corrected chi connectivity index (χ3v) is 6.52. The second-order valence-corrected chi connectivity index (χ2v) is 10.8. The van der Waals surface area contributed by atoms with Gasteiger partial charge in [0.25, 0.3) is 5.56 Å². The van der Waals surface area contributed by atoms with Gasteiger partial charge in [-0.05, 0) is 56.4 Å². The average Bonchev–Trinajstić information content (AvgIpc) is 3.29. The van der Waals surface area contributed by atoms with Crippen LogP contribution in [-0.4, -0.2) is 80.0 Å². The molecule has 12 nitrogen and oxygen atoms in total. The normalized spacial score (nSPS) is 12.2. The number of amides is 3. The fraction of sp³-hybridized carbons (Fsp3) is 0.448. The Morgan fingerprint density at radius 1 is 1.20 bits per heavy atom. The Morgan fingerprint density at radius 2 is 1.93 bits per heavy atom. The van der Waals surface area contributed by atoms with Crippen LogP contribution in [0.15, 0.2) is 41.3 Å². The van der Waals surface area contributed by atoms with Crippen molar-refractivity contribution in [1.29, 1.82) is 0 Å². The third-order valence-electron chi connectivity index (χ3n) is 6.52. The number of pyridine rings is 1. The molecule has 0 saturated carbocycles. The van der Waals surface area contributed by atoms with Crippen LogP contribution in [0.3, 0.4) is 0 Å². The molecule has 3 rings (SSSR count). The maximum Gasteiger partial charge on any atom is 0.407 e. The molecule has 0 bridgehead atoms. The summed E-state index contributed by atoms with van der Waals surface area (Å²) in [5.41, 5.74) is 3.03. The Balaban J connectivity index is 1.79. The monoisotopic (exact) mass is 565 g/mol. The third kappa shape index (κ3) is 8.50. The molecule has 0 spiro atoms. The number of aromatic amines is 1. The minimum atomic E-state index is -1.17. The van der Waals surface area contributed by atoms with Crippen molar-refractivity contribution in [1.82, 2.24) is 29.3 Å². The average molecular weight is 566 g/mol. The van der Waals surface area contributed by atoms with Gasteiger partial charge in [-0.25, -0.2) is 14.8 Å². The summed E-state index contributed by atoms with van der Waals surface area (Å²) >= 11 is 0. The molecule has 3 N–H and O–H groups in total. The van der Waals surface area contributed by atoms with Crippen molar-refractivity contribution in [2.45, 2.75) is 46.6 Å². The highest BCUT2D eigenvalue weighted by Crippen LogP contribution is 2.20. The fourth-order valence-electron chi connectivity index (χ4n) is 4.40. The number of likely N-dealkylation sites (N-methyl/N-ethyl adjacent to an activating group) is 1. The molecule has 0 radical (unpaired) electrons. The molecule has 0 fully saturated rings. The van der Waals surface area contributed by atoms with Crippen molar-refractivity contribution in [3.63, 3.8) is 0 Å². The number of carbonyl (C=O) groups is 3. The van der Waals surface area contributed by atoms with Crippen molar-refractivity contribution < 1.29 is 19.5 Å².